The molecule has 1 aromatic rings. The minimum absolute atomic E-state index is 0.758. The van der Waals surface area contributed by atoms with E-state index in [0.717, 1.165) is 27.4 Å². The smallest absolute Gasteiger partial charge is 0.110 e. The maximum absolute atomic E-state index is 8.72. The van der Waals surface area contributed by atoms with E-state index in [1.807, 2.05) is 6.07 Å². The van der Waals surface area contributed by atoms with Crippen LogP contribution in [0.15, 0.2) is 10.5 Å². The van der Waals surface area contributed by atoms with Crippen molar-refractivity contribution in [2.75, 3.05) is 18.0 Å². The van der Waals surface area contributed by atoms with Gasteiger partial charge in [0.05, 0.1) is 4.47 Å². The predicted octanol–water partition coefficient (Wildman–Crippen LogP) is 3.23. The van der Waals surface area contributed by atoms with Crippen molar-refractivity contribution in [3.63, 3.8) is 0 Å². The lowest BCUT2D eigenvalue weighted by Crippen LogP contribution is -2.20. The highest BCUT2D eigenvalue weighted by Crippen LogP contribution is 2.35. The second kappa shape index (κ2) is 4.64. The van der Waals surface area contributed by atoms with Crippen LogP contribution in [0.5, 0.6) is 0 Å². The fourth-order valence-corrected chi connectivity index (χ4v) is 2.99. The van der Waals surface area contributed by atoms with Gasteiger partial charge in [-0.3, -0.25) is 0 Å². The summed E-state index contributed by atoms with van der Waals surface area (Å²) in [6.07, 6.45) is 0. The van der Waals surface area contributed by atoms with Crippen LogP contribution >= 0.6 is 27.3 Å². The summed E-state index contributed by atoms with van der Waals surface area (Å²) in [5, 5.41) is 9.88. The summed E-state index contributed by atoms with van der Waals surface area (Å²) < 4.78 is 1.03. The van der Waals surface area contributed by atoms with E-state index in [4.69, 9.17) is 5.26 Å². The Hall–Kier alpha value is -0.530. The molecular weight excluding hydrogens is 248 g/mol. The molecular formula is C9H11BrN2S. The van der Waals surface area contributed by atoms with E-state index < -0.39 is 0 Å². The second-order valence-electron chi connectivity index (χ2n) is 2.55. The van der Waals surface area contributed by atoms with Crippen molar-refractivity contribution >= 4 is 32.3 Å². The number of halogens is 1. The average molecular weight is 259 g/mol. The summed E-state index contributed by atoms with van der Waals surface area (Å²) in [7, 11) is 0. The lowest BCUT2D eigenvalue weighted by Gasteiger charge is -2.18. The van der Waals surface area contributed by atoms with E-state index >= 15 is 0 Å². The molecule has 0 radical (unpaired) electrons. The Morgan fingerprint density at radius 2 is 2.15 bits per heavy atom. The van der Waals surface area contributed by atoms with Crippen LogP contribution in [-0.4, -0.2) is 13.1 Å². The van der Waals surface area contributed by atoms with Gasteiger partial charge in [-0.25, -0.2) is 0 Å². The minimum Gasteiger partial charge on any atom is -0.363 e. The SMILES string of the molecule is CCN(CC)c1sc(C#N)cc1Br. The Kier molecular flexibility index (Phi) is 3.76. The predicted molar refractivity (Wildman–Crippen MR) is 60.3 cm³/mol. The van der Waals surface area contributed by atoms with Gasteiger partial charge in [0.1, 0.15) is 15.9 Å². The van der Waals surface area contributed by atoms with E-state index in [1.165, 1.54) is 11.3 Å². The highest BCUT2D eigenvalue weighted by atomic mass is 79.9. The number of rotatable bonds is 3. The molecule has 0 saturated carbocycles. The van der Waals surface area contributed by atoms with Crippen molar-refractivity contribution in [1.82, 2.24) is 0 Å². The normalized spacial score (nSPS) is 9.69. The minimum atomic E-state index is 0.758. The largest absolute Gasteiger partial charge is 0.363 e. The van der Waals surface area contributed by atoms with Gasteiger partial charge in [0.2, 0.25) is 0 Å². The molecule has 0 fully saturated rings. The molecule has 70 valence electrons. The third-order valence-corrected chi connectivity index (χ3v) is 3.80. The molecule has 0 unspecified atom stereocenters. The zero-order chi connectivity index (χ0) is 9.84. The Bertz CT molecular complexity index is 323. The standard InChI is InChI=1S/C9H11BrN2S/c1-3-12(4-2)9-8(10)5-7(6-11)13-9/h5H,3-4H2,1-2H3. The molecule has 0 amide bonds. The summed E-state index contributed by atoms with van der Waals surface area (Å²) in [6.45, 7) is 6.17. The molecule has 0 aliphatic rings. The van der Waals surface area contributed by atoms with Gasteiger partial charge in [-0.1, -0.05) is 0 Å². The Morgan fingerprint density at radius 1 is 1.54 bits per heavy atom. The first-order chi connectivity index (χ1) is 6.22. The fourth-order valence-electron chi connectivity index (χ4n) is 1.14. The van der Waals surface area contributed by atoms with E-state index in [1.54, 1.807) is 0 Å². The molecule has 0 atom stereocenters. The van der Waals surface area contributed by atoms with Gasteiger partial charge in [0, 0.05) is 13.1 Å². The van der Waals surface area contributed by atoms with Gasteiger partial charge in [0.25, 0.3) is 0 Å². The quantitative estimate of drug-likeness (QED) is 0.833. The molecule has 4 heteroatoms. The van der Waals surface area contributed by atoms with Gasteiger partial charge in [-0.2, -0.15) is 5.26 Å². The molecule has 13 heavy (non-hydrogen) atoms. The van der Waals surface area contributed by atoms with E-state index in [-0.39, 0.29) is 0 Å². The van der Waals surface area contributed by atoms with Gasteiger partial charge < -0.3 is 4.90 Å². The Morgan fingerprint density at radius 3 is 2.54 bits per heavy atom. The van der Waals surface area contributed by atoms with Crippen molar-refractivity contribution in [3.8, 4) is 6.07 Å². The first-order valence-corrected chi connectivity index (χ1v) is 5.78. The average Bonchev–Trinajstić information content (AvgIpc) is 2.50. The lowest BCUT2D eigenvalue weighted by atomic mass is 10.4. The molecule has 0 aromatic carbocycles. The van der Waals surface area contributed by atoms with Crippen molar-refractivity contribution < 1.29 is 0 Å². The van der Waals surface area contributed by atoms with Crippen LogP contribution in [0.25, 0.3) is 0 Å². The van der Waals surface area contributed by atoms with Gasteiger partial charge >= 0.3 is 0 Å². The molecule has 1 aromatic heterocycles. The molecule has 0 bridgehead atoms. The highest BCUT2D eigenvalue weighted by Gasteiger charge is 2.10. The van der Waals surface area contributed by atoms with Crippen LogP contribution in [0.2, 0.25) is 0 Å². The third kappa shape index (κ3) is 2.23. The molecule has 0 saturated heterocycles. The molecule has 0 aliphatic carbocycles. The third-order valence-electron chi connectivity index (χ3n) is 1.83. The summed E-state index contributed by atoms with van der Waals surface area (Å²) in [4.78, 5) is 2.99. The van der Waals surface area contributed by atoms with Gasteiger partial charge in [0.15, 0.2) is 0 Å². The Labute approximate surface area is 90.9 Å². The Balaban J connectivity index is 3.00. The zero-order valence-electron chi connectivity index (χ0n) is 7.67. The van der Waals surface area contributed by atoms with Crippen LogP contribution in [0.4, 0.5) is 5.00 Å². The maximum atomic E-state index is 8.72. The first kappa shape index (κ1) is 10.6. The molecule has 2 nitrogen and oxygen atoms in total. The van der Waals surface area contributed by atoms with Crippen LogP contribution in [0.1, 0.15) is 18.7 Å². The van der Waals surface area contributed by atoms with Crippen molar-refractivity contribution in [2.45, 2.75) is 13.8 Å². The molecule has 0 spiro atoms. The molecule has 0 aliphatic heterocycles. The number of hydrogen-bond acceptors (Lipinski definition) is 3. The lowest BCUT2D eigenvalue weighted by molar-refractivity contribution is 0.874. The molecule has 1 rings (SSSR count). The number of thiophene rings is 1. The summed E-state index contributed by atoms with van der Waals surface area (Å²) in [6, 6.07) is 4.03. The summed E-state index contributed by atoms with van der Waals surface area (Å²) in [5.41, 5.74) is 0. The van der Waals surface area contributed by atoms with Gasteiger partial charge in [-0.15, -0.1) is 11.3 Å². The van der Waals surface area contributed by atoms with Crippen LogP contribution in [-0.2, 0) is 0 Å². The van der Waals surface area contributed by atoms with Crippen LogP contribution < -0.4 is 4.90 Å². The fraction of sp³-hybridized carbons (Fsp3) is 0.444. The number of hydrogen-bond donors (Lipinski definition) is 0. The van der Waals surface area contributed by atoms with Crippen molar-refractivity contribution in [3.05, 3.63) is 15.4 Å². The van der Waals surface area contributed by atoms with Crippen LogP contribution in [0, 0.1) is 11.3 Å². The number of nitriles is 1. The molecule has 1 heterocycles. The van der Waals surface area contributed by atoms with E-state index in [9.17, 15) is 0 Å². The molecule has 0 N–H and O–H groups in total. The summed E-state index contributed by atoms with van der Waals surface area (Å²) >= 11 is 4.99. The number of anilines is 1. The monoisotopic (exact) mass is 258 g/mol. The van der Waals surface area contributed by atoms with Crippen molar-refractivity contribution in [2.24, 2.45) is 0 Å². The van der Waals surface area contributed by atoms with Crippen LogP contribution in [0.3, 0.4) is 0 Å². The second-order valence-corrected chi connectivity index (χ2v) is 4.43. The van der Waals surface area contributed by atoms with E-state index in [2.05, 4.69) is 40.7 Å². The highest BCUT2D eigenvalue weighted by molar-refractivity contribution is 9.10. The zero-order valence-corrected chi connectivity index (χ0v) is 10.1. The van der Waals surface area contributed by atoms with Gasteiger partial charge in [-0.05, 0) is 35.8 Å². The number of nitrogens with zero attached hydrogens (tertiary/aromatic N) is 2. The van der Waals surface area contributed by atoms with E-state index in [0.29, 0.717) is 0 Å². The topological polar surface area (TPSA) is 27.0 Å². The summed E-state index contributed by atoms with van der Waals surface area (Å²) in [5.74, 6) is 0. The van der Waals surface area contributed by atoms with Crippen molar-refractivity contribution in [1.29, 1.82) is 5.26 Å². The maximum Gasteiger partial charge on any atom is 0.110 e. The first-order valence-electron chi connectivity index (χ1n) is 4.17.